The third-order valence-corrected chi connectivity index (χ3v) is 6.07. The first-order valence-electron chi connectivity index (χ1n) is 7.70. The van der Waals surface area contributed by atoms with Crippen molar-refractivity contribution in [2.24, 2.45) is 0 Å². The summed E-state index contributed by atoms with van der Waals surface area (Å²) in [7, 11) is -3.66. The summed E-state index contributed by atoms with van der Waals surface area (Å²) in [5.74, 6) is -0.458. The molecule has 0 amide bonds. The second-order valence-corrected chi connectivity index (χ2v) is 8.50. The van der Waals surface area contributed by atoms with Crippen LogP contribution in [0.25, 0.3) is 0 Å². The maximum Gasteiger partial charge on any atom is 0.240 e. The Morgan fingerprint density at radius 2 is 1.75 bits per heavy atom. The highest BCUT2D eigenvalue weighted by molar-refractivity contribution is 7.89. The van der Waals surface area contributed by atoms with Gasteiger partial charge in [-0.05, 0) is 47.2 Å². The molecule has 0 atom stereocenters. The molecule has 0 bridgehead atoms. The van der Waals surface area contributed by atoms with E-state index < -0.39 is 15.8 Å². The molecule has 2 rings (SSSR count). The van der Waals surface area contributed by atoms with E-state index in [2.05, 4.69) is 25.5 Å². The Balaban J connectivity index is 2.15. The van der Waals surface area contributed by atoms with Crippen molar-refractivity contribution in [3.63, 3.8) is 0 Å². The quantitative estimate of drug-likeness (QED) is 0.805. The van der Waals surface area contributed by atoms with Crippen molar-refractivity contribution in [1.29, 1.82) is 0 Å². The van der Waals surface area contributed by atoms with Gasteiger partial charge in [-0.25, -0.2) is 17.5 Å². The average Bonchev–Trinajstić information content (AvgIpc) is 2.54. The number of hydrogen-bond donors (Lipinski definition) is 1. The van der Waals surface area contributed by atoms with Gasteiger partial charge < -0.3 is 0 Å². The van der Waals surface area contributed by atoms with E-state index in [0.29, 0.717) is 5.56 Å². The number of halogens is 2. The molecule has 0 spiro atoms. The lowest BCUT2D eigenvalue weighted by Gasteiger charge is -2.23. The molecule has 24 heavy (non-hydrogen) atoms. The maximum absolute atomic E-state index is 13.0. The molecule has 0 fully saturated rings. The summed E-state index contributed by atoms with van der Waals surface area (Å²) in [6.45, 7) is 6.33. The molecule has 1 N–H and O–H groups in total. The largest absolute Gasteiger partial charge is 0.240 e. The second-order valence-electron chi connectivity index (χ2n) is 6.32. The van der Waals surface area contributed by atoms with Crippen LogP contribution in [-0.2, 0) is 22.0 Å². The Kier molecular flexibility index (Phi) is 5.68. The molecule has 0 radical (unpaired) electrons. The standard InChI is InChI=1S/C18H21ClFNO2S/c1-4-18(2,3)14-6-9-16(10-7-14)24(22,23)21-12-13-5-8-15(20)11-17(13)19/h5-11,21H,4,12H2,1-3H3. The van der Waals surface area contributed by atoms with E-state index in [1.54, 1.807) is 12.1 Å². The number of benzene rings is 2. The third-order valence-electron chi connectivity index (χ3n) is 4.30. The van der Waals surface area contributed by atoms with Gasteiger partial charge in [0.05, 0.1) is 4.90 Å². The van der Waals surface area contributed by atoms with Crippen molar-refractivity contribution in [1.82, 2.24) is 4.72 Å². The van der Waals surface area contributed by atoms with Crippen molar-refractivity contribution in [2.45, 2.75) is 44.0 Å². The van der Waals surface area contributed by atoms with Gasteiger partial charge >= 0.3 is 0 Å². The smallest absolute Gasteiger partial charge is 0.207 e. The van der Waals surface area contributed by atoms with Gasteiger partial charge in [0, 0.05) is 11.6 Å². The van der Waals surface area contributed by atoms with Crippen LogP contribution in [0, 0.1) is 5.82 Å². The molecule has 2 aromatic rings. The van der Waals surface area contributed by atoms with E-state index in [9.17, 15) is 12.8 Å². The summed E-state index contributed by atoms with van der Waals surface area (Å²) in [5, 5.41) is 0.192. The van der Waals surface area contributed by atoms with Gasteiger partial charge in [-0.15, -0.1) is 0 Å². The molecule has 3 nitrogen and oxygen atoms in total. The molecule has 0 aromatic heterocycles. The van der Waals surface area contributed by atoms with Gasteiger partial charge in [-0.2, -0.15) is 0 Å². The molecule has 0 unspecified atom stereocenters. The molecule has 0 aliphatic carbocycles. The van der Waals surface area contributed by atoms with E-state index >= 15 is 0 Å². The summed E-state index contributed by atoms with van der Waals surface area (Å²) in [5.41, 5.74) is 1.60. The minimum Gasteiger partial charge on any atom is -0.207 e. The van der Waals surface area contributed by atoms with E-state index in [1.165, 1.54) is 12.1 Å². The van der Waals surface area contributed by atoms with Crippen molar-refractivity contribution < 1.29 is 12.8 Å². The molecule has 2 aromatic carbocycles. The highest BCUT2D eigenvalue weighted by Crippen LogP contribution is 2.27. The fourth-order valence-electron chi connectivity index (χ4n) is 2.21. The zero-order valence-electron chi connectivity index (χ0n) is 13.9. The molecule has 130 valence electrons. The summed E-state index contributed by atoms with van der Waals surface area (Å²) in [6.07, 6.45) is 0.959. The van der Waals surface area contributed by atoms with Crippen LogP contribution < -0.4 is 4.72 Å². The van der Waals surface area contributed by atoms with Crippen LogP contribution in [0.5, 0.6) is 0 Å². The van der Waals surface area contributed by atoms with E-state index in [4.69, 9.17) is 11.6 Å². The Labute approximate surface area is 147 Å². The fraction of sp³-hybridized carbons (Fsp3) is 0.333. The van der Waals surface area contributed by atoms with Crippen molar-refractivity contribution in [3.05, 3.63) is 64.4 Å². The highest BCUT2D eigenvalue weighted by atomic mass is 35.5. The Hall–Kier alpha value is -1.43. The van der Waals surface area contributed by atoms with Crippen LogP contribution in [0.15, 0.2) is 47.4 Å². The van der Waals surface area contributed by atoms with E-state index in [0.717, 1.165) is 18.1 Å². The number of rotatable bonds is 6. The predicted octanol–water partition coefficient (Wildman–Crippen LogP) is 4.65. The lowest BCUT2D eigenvalue weighted by molar-refractivity contribution is 0.505. The van der Waals surface area contributed by atoms with Gasteiger partial charge in [0.15, 0.2) is 0 Å². The molecular weight excluding hydrogens is 349 g/mol. The summed E-state index contributed by atoms with van der Waals surface area (Å²) in [6, 6.07) is 10.7. The zero-order chi connectivity index (χ0) is 18.0. The van der Waals surface area contributed by atoms with Crippen molar-refractivity contribution >= 4 is 21.6 Å². The van der Waals surface area contributed by atoms with E-state index in [1.807, 2.05) is 12.1 Å². The summed E-state index contributed by atoms with van der Waals surface area (Å²) < 4.78 is 40.3. The first-order chi connectivity index (χ1) is 11.2. The molecule has 0 saturated carbocycles. The van der Waals surface area contributed by atoms with E-state index in [-0.39, 0.29) is 21.9 Å². The van der Waals surface area contributed by atoms with Crippen LogP contribution in [-0.4, -0.2) is 8.42 Å². The number of nitrogens with one attached hydrogen (secondary N) is 1. The topological polar surface area (TPSA) is 46.2 Å². The Morgan fingerprint density at radius 3 is 2.29 bits per heavy atom. The monoisotopic (exact) mass is 369 g/mol. The van der Waals surface area contributed by atoms with Gasteiger partial charge in [0.1, 0.15) is 5.82 Å². The van der Waals surface area contributed by atoms with Gasteiger partial charge in [0.25, 0.3) is 0 Å². The van der Waals surface area contributed by atoms with Crippen LogP contribution >= 0.6 is 11.6 Å². The zero-order valence-corrected chi connectivity index (χ0v) is 15.5. The number of hydrogen-bond acceptors (Lipinski definition) is 2. The molecule has 0 aliphatic heterocycles. The normalized spacial score (nSPS) is 12.4. The van der Waals surface area contributed by atoms with Crippen molar-refractivity contribution in [2.75, 3.05) is 0 Å². The molecule has 6 heteroatoms. The molecular formula is C18H21ClFNO2S. The van der Waals surface area contributed by atoms with Gasteiger partial charge in [0.2, 0.25) is 10.0 Å². The van der Waals surface area contributed by atoms with Crippen LogP contribution in [0.3, 0.4) is 0 Å². The predicted molar refractivity (Wildman–Crippen MR) is 95.2 cm³/mol. The van der Waals surface area contributed by atoms with Crippen LogP contribution in [0.4, 0.5) is 4.39 Å². The lowest BCUT2D eigenvalue weighted by Crippen LogP contribution is -2.23. The SMILES string of the molecule is CCC(C)(C)c1ccc(S(=O)(=O)NCc2ccc(F)cc2Cl)cc1. The summed E-state index contributed by atoms with van der Waals surface area (Å²) in [4.78, 5) is 0.191. The Bertz CT molecular complexity index is 817. The summed E-state index contributed by atoms with van der Waals surface area (Å²) >= 11 is 5.92. The number of sulfonamides is 1. The van der Waals surface area contributed by atoms with Gasteiger partial charge in [-0.3, -0.25) is 0 Å². The minimum absolute atomic E-state index is 0.00262. The van der Waals surface area contributed by atoms with Crippen molar-refractivity contribution in [3.8, 4) is 0 Å². The molecule has 0 saturated heterocycles. The third kappa shape index (κ3) is 4.35. The average molecular weight is 370 g/mol. The molecule has 0 aliphatic rings. The fourth-order valence-corrected chi connectivity index (χ4v) is 3.45. The Morgan fingerprint density at radius 1 is 1.12 bits per heavy atom. The highest BCUT2D eigenvalue weighted by Gasteiger charge is 2.20. The minimum atomic E-state index is -3.66. The van der Waals surface area contributed by atoms with Gasteiger partial charge in [-0.1, -0.05) is 50.6 Å². The lowest BCUT2D eigenvalue weighted by atomic mass is 9.82. The second kappa shape index (κ2) is 7.21. The van der Waals surface area contributed by atoms with Crippen LogP contribution in [0.2, 0.25) is 5.02 Å². The first-order valence-corrected chi connectivity index (χ1v) is 9.56. The maximum atomic E-state index is 13.0. The molecule has 0 heterocycles. The first kappa shape index (κ1) is 18.9. The van der Waals surface area contributed by atoms with Crippen LogP contribution in [0.1, 0.15) is 38.3 Å².